The smallest absolute Gasteiger partial charge is 0.238 e. The maximum atomic E-state index is 13.2. The van der Waals surface area contributed by atoms with Crippen molar-refractivity contribution in [3.8, 4) is 0 Å². The van der Waals surface area contributed by atoms with Crippen molar-refractivity contribution < 1.29 is 18.4 Å². The molecular formula is C18H18F2N2O2. The highest BCUT2D eigenvalue weighted by Gasteiger charge is 2.12. The van der Waals surface area contributed by atoms with Gasteiger partial charge in [0.05, 0.1) is 12.2 Å². The summed E-state index contributed by atoms with van der Waals surface area (Å²) in [5.41, 5.74) is 1.41. The minimum atomic E-state index is -0.930. The number of hydrogen-bond donors (Lipinski definition) is 2. The van der Waals surface area contributed by atoms with Gasteiger partial charge in [-0.1, -0.05) is 18.2 Å². The Labute approximate surface area is 138 Å². The highest BCUT2D eigenvalue weighted by molar-refractivity contribution is 6.04. The predicted molar refractivity (Wildman–Crippen MR) is 87.9 cm³/mol. The first-order chi connectivity index (χ1) is 11.4. The molecule has 0 radical (unpaired) electrons. The summed E-state index contributed by atoms with van der Waals surface area (Å²) >= 11 is 0. The van der Waals surface area contributed by atoms with Crippen LogP contribution < -0.4 is 10.6 Å². The molecule has 0 saturated carbocycles. The van der Waals surface area contributed by atoms with Gasteiger partial charge in [-0.15, -0.1) is 0 Å². The van der Waals surface area contributed by atoms with E-state index < -0.39 is 11.6 Å². The molecule has 24 heavy (non-hydrogen) atoms. The van der Waals surface area contributed by atoms with E-state index in [1.165, 1.54) is 13.0 Å². The zero-order valence-electron chi connectivity index (χ0n) is 13.4. The summed E-state index contributed by atoms with van der Waals surface area (Å²) < 4.78 is 26.2. The Balaban J connectivity index is 1.96. The number of ketones is 1. The van der Waals surface area contributed by atoms with Crippen LogP contribution in [0.4, 0.5) is 14.5 Å². The normalized spacial score (nSPS) is 11.8. The van der Waals surface area contributed by atoms with E-state index in [9.17, 15) is 18.4 Å². The van der Waals surface area contributed by atoms with Crippen molar-refractivity contribution in [2.24, 2.45) is 0 Å². The SMILES string of the molecule is CC(=O)c1ccccc1NC(=O)CN[C@@H](C)c1ccc(F)c(F)c1. The van der Waals surface area contributed by atoms with Gasteiger partial charge < -0.3 is 10.6 Å². The largest absolute Gasteiger partial charge is 0.324 e. The number of halogens is 2. The lowest BCUT2D eigenvalue weighted by Gasteiger charge is -2.15. The average molecular weight is 332 g/mol. The average Bonchev–Trinajstić information content (AvgIpc) is 2.55. The lowest BCUT2D eigenvalue weighted by atomic mass is 10.1. The summed E-state index contributed by atoms with van der Waals surface area (Å²) in [5, 5.41) is 5.59. The number of Topliss-reactive ketones (excluding diaryl/α,β-unsaturated/α-hetero) is 1. The predicted octanol–water partition coefficient (Wildman–Crippen LogP) is 3.46. The van der Waals surface area contributed by atoms with Gasteiger partial charge in [-0.2, -0.15) is 0 Å². The van der Waals surface area contributed by atoms with Gasteiger partial charge in [0.25, 0.3) is 0 Å². The summed E-state index contributed by atoms with van der Waals surface area (Å²) in [7, 11) is 0. The molecule has 0 bridgehead atoms. The number of amides is 1. The third-order valence-electron chi connectivity index (χ3n) is 3.59. The third-order valence-corrected chi connectivity index (χ3v) is 3.59. The van der Waals surface area contributed by atoms with Crippen LogP contribution in [0.2, 0.25) is 0 Å². The molecule has 6 heteroatoms. The van der Waals surface area contributed by atoms with E-state index in [0.29, 0.717) is 16.8 Å². The molecule has 0 fully saturated rings. The van der Waals surface area contributed by atoms with Crippen molar-refractivity contribution in [1.29, 1.82) is 0 Å². The topological polar surface area (TPSA) is 58.2 Å². The Morgan fingerprint density at radius 1 is 1.08 bits per heavy atom. The molecule has 0 aliphatic heterocycles. The van der Waals surface area contributed by atoms with Gasteiger partial charge in [0, 0.05) is 11.6 Å². The van der Waals surface area contributed by atoms with Gasteiger partial charge in [0.1, 0.15) is 0 Å². The molecule has 0 aromatic heterocycles. The van der Waals surface area contributed by atoms with E-state index in [4.69, 9.17) is 0 Å². The van der Waals surface area contributed by atoms with Crippen LogP contribution in [0.3, 0.4) is 0 Å². The summed E-state index contributed by atoms with van der Waals surface area (Å²) in [5.74, 6) is -2.32. The van der Waals surface area contributed by atoms with E-state index in [2.05, 4.69) is 10.6 Å². The lowest BCUT2D eigenvalue weighted by Crippen LogP contribution is -2.30. The number of para-hydroxylation sites is 1. The van der Waals surface area contributed by atoms with E-state index in [1.807, 2.05) is 0 Å². The van der Waals surface area contributed by atoms with E-state index >= 15 is 0 Å². The zero-order valence-corrected chi connectivity index (χ0v) is 13.4. The molecule has 4 nitrogen and oxygen atoms in total. The van der Waals surface area contributed by atoms with Gasteiger partial charge in [-0.3, -0.25) is 9.59 Å². The van der Waals surface area contributed by atoms with Crippen LogP contribution in [0.1, 0.15) is 35.8 Å². The van der Waals surface area contributed by atoms with Crippen molar-refractivity contribution in [2.75, 3.05) is 11.9 Å². The minimum Gasteiger partial charge on any atom is -0.324 e. The fraction of sp³-hybridized carbons (Fsp3) is 0.222. The van der Waals surface area contributed by atoms with Crippen LogP contribution >= 0.6 is 0 Å². The van der Waals surface area contributed by atoms with Crippen LogP contribution in [-0.2, 0) is 4.79 Å². The number of carbonyl (C=O) groups excluding carboxylic acids is 2. The summed E-state index contributed by atoms with van der Waals surface area (Å²) in [6.45, 7) is 3.13. The van der Waals surface area contributed by atoms with Crippen molar-refractivity contribution in [1.82, 2.24) is 5.32 Å². The van der Waals surface area contributed by atoms with Gasteiger partial charge in [0.15, 0.2) is 17.4 Å². The first-order valence-corrected chi connectivity index (χ1v) is 7.46. The molecular weight excluding hydrogens is 314 g/mol. The molecule has 2 N–H and O–H groups in total. The number of anilines is 1. The van der Waals surface area contributed by atoms with Crippen LogP contribution in [0, 0.1) is 11.6 Å². The Bertz CT molecular complexity index is 762. The minimum absolute atomic E-state index is 0.0353. The van der Waals surface area contributed by atoms with Crippen LogP contribution in [0.25, 0.3) is 0 Å². The molecule has 0 aliphatic rings. The maximum absolute atomic E-state index is 13.2. The Hall–Kier alpha value is -2.60. The fourth-order valence-corrected chi connectivity index (χ4v) is 2.24. The van der Waals surface area contributed by atoms with Crippen molar-refractivity contribution >= 4 is 17.4 Å². The fourth-order valence-electron chi connectivity index (χ4n) is 2.24. The molecule has 0 saturated heterocycles. The molecule has 0 aliphatic carbocycles. The molecule has 1 amide bonds. The number of rotatable bonds is 6. The van der Waals surface area contributed by atoms with Gasteiger partial charge in [-0.05, 0) is 43.7 Å². The zero-order chi connectivity index (χ0) is 17.7. The van der Waals surface area contributed by atoms with E-state index in [0.717, 1.165) is 12.1 Å². The van der Waals surface area contributed by atoms with Crippen LogP contribution in [-0.4, -0.2) is 18.2 Å². The second-order valence-corrected chi connectivity index (χ2v) is 5.43. The lowest BCUT2D eigenvalue weighted by molar-refractivity contribution is -0.115. The van der Waals surface area contributed by atoms with Crippen molar-refractivity contribution in [3.05, 3.63) is 65.2 Å². The summed E-state index contributed by atoms with van der Waals surface area (Å²) in [6.07, 6.45) is 0. The standard InChI is InChI=1S/C18H18F2N2O2/c1-11(13-7-8-15(19)16(20)9-13)21-10-18(24)22-17-6-4-3-5-14(17)12(2)23/h3-9,11,21H,10H2,1-2H3,(H,22,24)/t11-/m0/s1. The second kappa shape index (κ2) is 7.79. The van der Waals surface area contributed by atoms with Crippen molar-refractivity contribution in [3.63, 3.8) is 0 Å². The monoisotopic (exact) mass is 332 g/mol. The van der Waals surface area contributed by atoms with Crippen LogP contribution in [0.5, 0.6) is 0 Å². The quantitative estimate of drug-likeness (QED) is 0.797. The van der Waals surface area contributed by atoms with E-state index in [-0.39, 0.29) is 24.3 Å². The molecule has 2 aromatic carbocycles. The summed E-state index contributed by atoms with van der Waals surface area (Å²) in [6, 6.07) is 9.98. The Kier molecular flexibility index (Phi) is 5.76. The number of hydrogen-bond acceptors (Lipinski definition) is 3. The molecule has 1 atom stereocenters. The highest BCUT2D eigenvalue weighted by atomic mass is 19.2. The van der Waals surface area contributed by atoms with Crippen LogP contribution in [0.15, 0.2) is 42.5 Å². The molecule has 2 aromatic rings. The summed E-state index contributed by atoms with van der Waals surface area (Å²) in [4.78, 5) is 23.6. The molecule has 2 rings (SSSR count). The molecule has 126 valence electrons. The van der Waals surface area contributed by atoms with Crippen molar-refractivity contribution in [2.45, 2.75) is 19.9 Å². The number of nitrogens with one attached hydrogen (secondary N) is 2. The van der Waals surface area contributed by atoms with Gasteiger partial charge >= 0.3 is 0 Å². The van der Waals surface area contributed by atoms with Gasteiger partial charge in [0.2, 0.25) is 5.91 Å². The third kappa shape index (κ3) is 4.45. The first kappa shape index (κ1) is 17.7. The Morgan fingerprint density at radius 3 is 2.46 bits per heavy atom. The van der Waals surface area contributed by atoms with Gasteiger partial charge in [-0.25, -0.2) is 8.78 Å². The van der Waals surface area contributed by atoms with E-state index in [1.54, 1.807) is 31.2 Å². The first-order valence-electron chi connectivity index (χ1n) is 7.46. The molecule has 0 unspecified atom stereocenters. The Morgan fingerprint density at radius 2 is 1.79 bits per heavy atom. The highest BCUT2D eigenvalue weighted by Crippen LogP contribution is 2.17. The number of carbonyl (C=O) groups is 2. The number of benzene rings is 2. The second-order valence-electron chi connectivity index (χ2n) is 5.43. The maximum Gasteiger partial charge on any atom is 0.238 e. The molecule has 0 spiro atoms. The molecule has 0 heterocycles.